The van der Waals surface area contributed by atoms with Crippen LogP contribution < -0.4 is 4.90 Å². The van der Waals surface area contributed by atoms with Crippen molar-refractivity contribution in [2.75, 3.05) is 11.4 Å². The van der Waals surface area contributed by atoms with E-state index >= 15 is 0 Å². The molecule has 152 valence electrons. The van der Waals surface area contributed by atoms with Crippen LogP contribution in [0, 0.1) is 6.92 Å². The van der Waals surface area contributed by atoms with Crippen molar-refractivity contribution in [3.8, 4) is 5.69 Å². The van der Waals surface area contributed by atoms with Crippen molar-refractivity contribution in [2.45, 2.75) is 19.6 Å². The second-order valence-electron chi connectivity index (χ2n) is 7.16. The maximum absolute atomic E-state index is 14.0. The Bertz CT molecular complexity index is 1270. The highest BCUT2D eigenvalue weighted by molar-refractivity contribution is 6.07. The number of amides is 1. The molecule has 5 rings (SSSR count). The molecule has 3 heterocycles. The number of rotatable bonds is 2. The highest BCUT2D eigenvalue weighted by Crippen LogP contribution is 2.36. The monoisotopic (exact) mass is 411 g/mol. The largest absolute Gasteiger partial charge is 0.434 e. The summed E-state index contributed by atoms with van der Waals surface area (Å²) in [7, 11) is 0. The summed E-state index contributed by atoms with van der Waals surface area (Å²) in [6, 6.07) is 13.8. The molecule has 0 fully saturated rings. The minimum absolute atomic E-state index is 0.237. The Morgan fingerprint density at radius 2 is 1.77 bits per heavy atom. The predicted molar refractivity (Wildman–Crippen MR) is 105 cm³/mol. The van der Waals surface area contributed by atoms with Gasteiger partial charge in [-0.25, -0.2) is 9.67 Å². The van der Waals surface area contributed by atoms with Gasteiger partial charge in [-0.05, 0) is 31.2 Å². The van der Waals surface area contributed by atoms with E-state index in [-0.39, 0.29) is 12.2 Å². The lowest BCUT2D eigenvalue weighted by Crippen LogP contribution is -2.31. The standard InChI is InChI=1S/C21H16F3N5O/c1-13-6-8-14(9-7-13)29-18(21(22,23)24)15(12-25-29)19(30)28-11-10-27-17-5-3-2-4-16(17)26-20(27)28/h2-9,12H,10-11H2,1H3. The number of carbonyl (C=O) groups excluding carboxylic acids is 1. The number of hydrogen-bond donors (Lipinski definition) is 0. The summed E-state index contributed by atoms with van der Waals surface area (Å²) >= 11 is 0. The smallest absolute Gasteiger partial charge is 0.308 e. The molecule has 0 spiro atoms. The molecular weight excluding hydrogens is 395 g/mol. The number of benzene rings is 2. The van der Waals surface area contributed by atoms with Gasteiger partial charge in [0.1, 0.15) is 0 Å². The summed E-state index contributed by atoms with van der Waals surface area (Å²) in [5, 5.41) is 3.90. The van der Waals surface area contributed by atoms with Gasteiger partial charge >= 0.3 is 6.18 Å². The molecule has 0 N–H and O–H groups in total. The van der Waals surface area contributed by atoms with E-state index < -0.39 is 23.3 Å². The number of para-hydroxylation sites is 2. The Hall–Kier alpha value is -3.62. The van der Waals surface area contributed by atoms with Crippen LogP contribution in [0.3, 0.4) is 0 Å². The summed E-state index contributed by atoms with van der Waals surface area (Å²) in [6.45, 7) is 2.56. The highest BCUT2D eigenvalue weighted by Gasteiger charge is 2.42. The average Bonchev–Trinajstić information content (AvgIpc) is 3.41. The van der Waals surface area contributed by atoms with Gasteiger partial charge in [-0.15, -0.1) is 0 Å². The maximum Gasteiger partial charge on any atom is 0.434 e. The zero-order valence-electron chi connectivity index (χ0n) is 15.9. The van der Waals surface area contributed by atoms with Crippen LogP contribution in [-0.2, 0) is 12.7 Å². The maximum atomic E-state index is 14.0. The van der Waals surface area contributed by atoms with Gasteiger partial charge in [0.15, 0.2) is 5.69 Å². The Balaban J connectivity index is 1.60. The molecule has 0 aliphatic carbocycles. The van der Waals surface area contributed by atoms with E-state index in [4.69, 9.17) is 0 Å². The van der Waals surface area contributed by atoms with Crippen LogP contribution >= 0.6 is 0 Å². The van der Waals surface area contributed by atoms with E-state index in [1.54, 1.807) is 30.3 Å². The molecule has 4 aromatic rings. The van der Waals surface area contributed by atoms with Crippen molar-refractivity contribution in [2.24, 2.45) is 0 Å². The van der Waals surface area contributed by atoms with E-state index in [1.807, 2.05) is 29.7 Å². The molecular formula is C21H16F3N5O. The first kappa shape index (κ1) is 18.4. The van der Waals surface area contributed by atoms with Crippen molar-refractivity contribution in [1.29, 1.82) is 0 Å². The SMILES string of the molecule is Cc1ccc(-n2ncc(C(=O)N3CCn4c3nc3ccccc34)c2C(F)(F)F)cc1. The van der Waals surface area contributed by atoms with Gasteiger partial charge in [0, 0.05) is 13.1 Å². The lowest BCUT2D eigenvalue weighted by atomic mass is 10.2. The van der Waals surface area contributed by atoms with Crippen LogP contribution in [0.4, 0.5) is 19.1 Å². The number of alkyl halides is 3. The second kappa shape index (κ2) is 6.45. The number of nitrogens with zero attached hydrogens (tertiary/aromatic N) is 5. The zero-order chi connectivity index (χ0) is 21.0. The minimum Gasteiger partial charge on any atom is -0.308 e. The summed E-state index contributed by atoms with van der Waals surface area (Å²) in [5.74, 6) is -0.424. The minimum atomic E-state index is -4.76. The van der Waals surface area contributed by atoms with Crippen molar-refractivity contribution in [1.82, 2.24) is 19.3 Å². The van der Waals surface area contributed by atoms with E-state index in [0.29, 0.717) is 18.0 Å². The third-order valence-electron chi connectivity index (χ3n) is 5.21. The molecule has 0 atom stereocenters. The summed E-state index contributed by atoms with van der Waals surface area (Å²) < 4.78 is 44.5. The molecule has 0 radical (unpaired) electrons. The van der Waals surface area contributed by atoms with Crippen molar-refractivity contribution in [3.05, 3.63) is 71.5 Å². The molecule has 1 aliphatic heterocycles. The van der Waals surface area contributed by atoms with E-state index in [2.05, 4.69) is 10.1 Å². The summed E-state index contributed by atoms with van der Waals surface area (Å²) in [6.07, 6.45) is -3.78. The van der Waals surface area contributed by atoms with Crippen LogP contribution in [0.1, 0.15) is 21.6 Å². The molecule has 0 unspecified atom stereocenters. The quantitative estimate of drug-likeness (QED) is 0.497. The molecule has 1 amide bonds. The fourth-order valence-corrected chi connectivity index (χ4v) is 3.79. The lowest BCUT2D eigenvalue weighted by molar-refractivity contribution is -0.143. The number of aryl methyl sites for hydroxylation is 1. The van der Waals surface area contributed by atoms with E-state index in [1.165, 1.54) is 4.90 Å². The summed E-state index contributed by atoms with van der Waals surface area (Å²) in [5.41, 5.74) is 1.09. The van der Waals surface area contributed by atoms with Crippen LogP contribution in [0.5, 0.6) is 0 Å². The van der Waals surface area contributed by atoms with Crippen LogP contribution in [0.15, 0.2) is 54.7 Å². The fourth-order valence-electron chi connectivity index (χ4n) is 3.79. The molecule has 2 aromatic carbocycles. The molecule has 2 aromatic heterocycles. The number of carbonyl (C=O) groups is 1. The van der Waals surface area contributed by atoms with Gasteiger partial charge < -0.3 is 4.57 Å². The number of halogens is 3. The number of aromatic nitrogens is 4. The molecule has 1 aliphatic rings. The summed E-state index contributed by atoms with van der Waals surface area (Å²) in [4.78, 5) is 18.9. The number of anilines is 1. The Morgan fingerprint density at radius 3 is 2.50 bits per heavy atom. The zero-order valence-corrected chi connectivity index (χ0v) is 15.9. The number of imidazole rings is 1. The topological polar surface area (TPSA) is 56.0 Å². The first-order valence-electron chi connectivity index (χ1n) is 9.34. The van der Waals surface area contributed by atoms with Gasteiger partial charge in [0.25, 0.3) is 5.91 Å². The third-order valence-corrected chi connectivity index (χ3v) is 5.21. The average molecular weight is 411 g/mol. The number of hydrogen-bond acceptors (Lipinski definition) is 3. The van der Waals surface area contributed by atoms with Gasteiger partial charge in [0.05, 0.1) is 28.5 Å². The Labute approximate surface area is 169 Å². The normalized spacial score (nSPS) is 13.8. The van der Waals surface area contributed by atoms with Crippen LogP contribution in [0.25, 0.3) is 16.7 Å². The lowest BCUT2D eigenvalue weighted by Gasteiger charge is -2.16. The molecule has 0 saturated heterocycles. The van der Waals surface area contributed by atoms with Gasteiger partial charge in [-0.3, -0.25) is 9.69 Å². The van der Waals surface area contributed by atoms with Crippen molar-refractivity contribution < 1.29 is 18.0 Å². The Kier molecular flexibility index (Phi) is 3.96. The van der Waals surface area contributed by atoms with Crippen LogP contribution in [-0.4, -0.2) is 31.8 Å². The van der Waals surface area contributed by atoms with E-state index in [9.17, 15) is 18.0 Å². The fraction of sp³-hybridized carbons (Fsp3) is 0.190. The molecule has 6 nitrogen and oxygen atoms in total. The van der Waals surface area contributed by atoms with Gasteiger partial charge in [-0.1, -0.05) is 29.8 Å². The highest BCUT2D eigenvalue weighted by atomic mass is 19.4. The molecule has 30 heavy (non-hydrogen) atoms. The van der Waals surface area contributed by atoms with Crippen LogP contribution in [0.2, 0.25) is 0 Å². The van der Waals surface area contributed by atoms with Crippen molar-refractivity contribution >= 4 is 22.9 Å². The van der Waals surface area contributed by atoms with Gasteiger partial charge in [-0.2, -0.15) is 18.3 Å². The Morgan fingerprint density at radius 1 is 1.03 bits per heavy atom. The van der Waals surface area contributed by atoms with Crippen molar-refractivity contribution in [3.63, 3.8) is 0 Å². The second-order valence-corrected chi connectivity index (χ2v) is 7.16. The predicted octanol–water partition coefficient (Wildman–Crippen LogP) is 4.21. The first-order valence-corrected chi connectivity index (χ1v) is 9.34. The van der Waals surface area contributed by atoms with Gasteiger partial charge in [0.2, 0.25) is 5.95 Å². The third kappa shape index (κ3) is 2.77. The molecule has 0 bridgehead atoms. The van der Waals surface area contributed by atoms with E-state index in [0.717, 1.165) is 22.0 Å². The number of fused-ring (bicyclic) bond motifs is 3. The first-order chi connectivity index (χ1) is 14.3. The molecule has 0 saturated carbocycles. The molecule has 9 heteroatoms.